The molecule has 1 aromatic rings. The Morgan fingerprint density at radius 1 is 0.842 bits per heavy atom. The van der Waals surface area contributed by atoms with Crippen LogP contribution in [0.2, 0.25) is 0 Å². The molecule has 0 N–H and O–H groups in total. The molecule has 0 fully saturated rings. The minimum atomic E-state index is 0. The standard InChI is InChI=1S/C13H15N5.Ir/c1-15-6-8-17(10-15)12-4-3-5-13(14-12)18-9-7-16(2)11-18;/h3-11H,1-2H3;/q-2;. The molecule has 5 nitrogen and oxygen atoms in total. The van der Waals surface area contributed by atoms with E-state index >= 15 is 0 Å². The number of hydrogen-bond donors (Lipinski definition) is 0. The molecule has 0 aliphatic carbocycles. The zero-order chi connectivity index (χ0) is 12.5. The Bertz CT molecular complexity index is 460. The molecule has 3 rings (SSSR count). The van der Waals surface area contributed by atoms with Crippen LogP contribution in [0, 0.1) is 13.3 Å². The Labute approximate surface area is 127 Å². The number of rotatable bonds is 2. The smallest absolute Gasteiger partial charge is 0.106 e. The second kappa shape index (κ2) is 5.63. The molecule has 0 amide bonds. The van der Waals surface area contributed by atoms with Crippen molar-refractivity contribution in [3.8, 4) is 0 Å². The molecule has 19 heavy (non-hydrogen) atoms. The molecule has 0 saturated heterocycles. The topological polar surface area (TPSA) is 25.9 Å². The molecule has 1 aromatic heterocycles. The monoisotopic (exact) mass is 434 g/mol. The number of hydrogen-bond acceptors (Lipinski definition) is 5. The van der Waals surface area contributed by atoms with Crippen LogP contribution in [0.1, 0.15) is 0 Å². The molecular weight excluding hydrogens is 418 g/mol. The SMILES string of the molecule is CN1C=CN(c2cccc(N3C=CN(C)[CH-]3)n2)[CH-]1.[Ir]. The van der Waals surface area contributed by atoms with Gasteiger partial charge in [-0.05, 0) is 51.0 Å². The summed E-state index contributed by atoms with van der Waals surface area (Å²) in [4.78, 5) is 12.6. The Morgan fingerprint density at radius 3 is 1.68 bits per heavy atom. The molecule has 0 bridgehead atoms. The minimum Gasteiger partial charge on any atom is -0.510 e. The minimum absolute atomic E-state index is 0. The zero-order valence-corrected chi connectivity index (χ0v) is 13.2. The zero-order valence-electron chi connectivity index (χ0n) is 10.8. The second-order valence-electron chi connectivity index (χ2n) is 4.33. The molecule has 0 unspecified atom stereocenters. The number of aromatic nitrogens is 1. The van der Waals surface area contributed by atoms with Crippen molar-refractivity contribution in [2.24, 2.45) is 0 Å². The van der Waals surface area contributed by atoms with Gasteiger partial charge in [0, 0.05) is 20.1 Å². The summed E-state index contributed by atoms with van der Waals surface area (Å²) in [5.74, 6) is 1.81. The third kappa shape index (κ3) is 2.91. The summed E-state index contributed by atoms with van der Waals surface area (Å²) in [6.45, 7) is 3.98. The van der Waals surface area contributed by atoms with Crippen molar-refractivity contribution in [1.82, 2.24) is 14.8 Å². The number of nitrogens with zero attached hydrogens (tertiary/aromatic N) is 5. The summed E-state index contributed by atoms with van der Waals surface area (Å²) in [5, 5.41) is 0. The van der Waals surface area contributed by atoms with Crippen LogP contribution < -0.4 is 9.80 Å². The van der Waals surface area contributed by atoms with Gasteiger partial charge in [-0.3, -0.25) is 0 Å². The van der Waals surface area contributed by atoms with Crippen LogP contribution in [-0.2, 0) is 20.1 Å². The second-order valence-corrected chi connectivity index (χ2v) is 4.33. The van der Waals surface area contributed by atoms with Crippen molar-refractivity contribution in [3.63, 3.8) is 0 Å². The van der Waals surface area contributed by atoms with Crippen LogP contribution in [0.25, 0.3) is 0 Å². The van der Waals surface area contributed by atoms with E-state index in [1.165, 1.54) is 0 Å². The van der Waals surface area contributed by atoms with Gasteiger partial charge in [0.1, 0.15) is 11.6 Å². The van der Waals surface area contributed by atoms with E-state index in [1.807, 2.05) is 90.0 Å². The van der Waals surface area contributed by atoms with E-state index in [2.05, 4.69) is 4.98 Å². The first kappa shape index (κ1) is 13.9. The number of pyridine rings is 1. The van der Waals surface area contributed by atoms with Crippen molar-refractivity contribution in [2.45, 2.75) is 0 Å². The average Bonchev–Trinajstić information content (AvgIpc) is 2.98. The first-order valence-electron chi connectivity index (χ1n) is 5.77. The number of anilines is 2. The van der Waals surface area contributed by atoms with Crippen LogP contribution >= 0.6 is 0 Å². The van der Waals surface area contributed by atoms with Crippen molar-refractivity contribution < 1.29 is 20.1 Å². The van der Waals surface area contributed by atoms with Gasteiger partial charge in [0.25, 0.3) is 0 Å². The molecule has 0 aromatic carbocycles. The van der Waals surface area contributed by atoms with E-state index in [-0.39, 0.29) is 20.1 Å². The van der Waals surface area contributed by atoms with Crippen molar-refractivity contribution in [1.29, 1.82) is 0 Å². The Hall–Kier alpha value is -1.52. The van der Waals surface area contributed by atoms with Crippen LogP contribution in [0.4, 0.5) is 11.6 Å². The summed E-state index contributed by atoms with van der Waals surface area (Å²) in [5.41, 5.74) is 0. The van der Waals surface area contributed by atoms with Crippen molar-refractivity contribution >= 4 is 11.6 Å². The first-order valence-corrected chi connectivity index (χ1v) is 5.77. The van der Waals surface area contributed by atoms with E-state index in [4.69, 9.17) is 0 Å². The summed E-state index contributed by atoms with van der Waals surface area (Å²) in [6, 6.07) is 6.00. The quantitative estimate of drug-likeness (QED) is 0.663. The van der Waals surface area contributed by atoms with Gasteiger partial charge >= 0.3 is 0 Å². The fourth-order valence-electron chi connectivity index (χ4n) is 1.87. The molecule has 1 radical (unpaired) electrons. The Morgan fingerprint density at radius 2 is 1.32 bits per heavy atom. The van der Waals surface area contributed by atoms with E-state index < -0.39 is 0 Å². The maximum atomic E-state index is 4.64. The molecular formula is C13H15IrN5-2. The molecule has 103 valence electrons. The molecule has 2 aliphatic heterocycles. The van der Waals surface area contributed by atoms with Crippen LogP contribution in [-0.4, -0.2) is 28.9 Å². The molecule has 3 heterocycles. The predicted molar refractivity (Wildman–Crippen MR) is 71.6 cm³/mol. The van der Waals surface area contributed by atoms with E-state index in [1.54, 1.807) is 0 Å². The molecule has 0 spiro atoms. The molecule has 6 heteroatoms. The summed E-state index contributed by atoms with van der Waals surface area (Å²) < 4.78 is 0. The summed E-state index contributed by atoms with van der Waals surface area (Å²) in [6.07, 6.45) is 7.96. The van der Waals surface area contributed by atoms with Crippen LogP contribution in [0.5, 0.6) is 0 Å². The normalized spacial score (nSPS) is 17.4. The van der Waals surface area contributed by atoms with Gasteiger partial charge in [0.05, 0.1) is 0 Å². The van der Waals surface area contributed by atoms with E-state index in [0.717, 1.165) is 11.6 Å². The van der Waals surface area contributed by atoms with Gasteiger partial charge in [-0.15, -0.1) is 13.3 Å². The average molecular weight is 434 g/mol. The fourth-order valence-corrected chi connectivity index (χ4v) is 1.87. The van der Waals surface area contributed by atoms with Gasteiger partial charge in [-0.25, -0.2) is 4.98 Å². The molecule has 0 atom stereocenters. The Balaban J connectivity index is 0.00000133. The summed E-state index contributed by atoms with van der Waals surface area (Å²) in [7, 11) is 3.98. The van der Waals surface area contributed by atoms with Gasteiger partial charge in [0.15, 0.2) is 0 Å². The van der Waals surface area contributed by atoms with Crippen molar-refractivity contribution in [2.75, 3.05) is 23.9 Å². The van der Waals surface area contributed by atoms with E-state index in [0.29, 0.717) is 0 Å². The third-order valence-electron chi connectivity index (χ3n) is 2.79. The summed E-state index contributed by atoms with van der Waals surface area (Å²) >= 11 is 0. The third-order valence-corrected chi connectivity index (χ3v) is 2.79. The maximum Gasteiger partial charge on any atom is 0.106 e. The van der Waals surface area contributed by atoms with Crippen LogP contribution in [0.15, 0.2) is 43.0 Å². The van der Waals surface area contributed by atoms with Crippen molar-refractivity contribution in [3.05, 3.63) is 56.3 Å². The molecule has 2 aliphatic rings. The fraction of sp³-hybridized carbons (Fsp3) is 0.154. The van der Waals surface area contributed by atoms with Gasteiger partial charge in [-0.2, -0.15) is 0 Å². The van der Waals surface area contributed by atoms with Crippen LogP contribution in [0.3, 0.4) is 0 Å². The predicted octanol–water partition coefficient (Wildman–Crippen LogP) is 1.76. The van der Waals surface area contributed by atoms with Gasteiger partial charge in [-0.1, -0.05) is 6.07 Å². The van der Waals surface area contributed by atoms with E-state index in [9.17, 15) is 0 Å². The Kier molecular flexibility index (Phi) is 4.12. The maximum absolute atomic E-state index is 4.64. The van der Waals surface area contributed by atoms with Gasteiger partial charge in [0.2, 0.25) is 0 Å². The van der Waals surface area contributed by atoms with Gasteiger partial charge < -0.3 is 19.6 Å². The first-order chi connectivity index (χ1) is 8.72. The molecule has 0 saturated carbocycles. The largest absolute Gasteiger partial charge is 0.510 e.